The molecule has 0 spiro atoms. The third kappa shape index (κ3) is 1.50. The van der Waals surface area contributed by atoms with E-state index in [1.54, 1.807) is 0 Å². The van der Waals surface area contributed by atoms with E-state index in [-0.39, 0.29) is 6.04 Å². The van der Waals surface area contributed by atoms with Gasteiger partial charge in [0, 0.05) is 5.92 Å². The van der Waals surface area contributed by atoms with Crippen LogP contribution in [0, 0.1) is 5.92 Å². The van der Waals surface area contributed by atoms with Crippen LogP contribution in [0.4, 0.5) is 5.69 Å². The predicted octanol–water partition coefficient (Wildman–Crippen LogP) is 3.06. The van der Waals surface area contributed by atoms with E-state index in [1.807, 2.05) is 6.07 Å². The lowest BCUT2D eigenvalue weighted by Crippen LogP contribution is -2.24. The Morgan fingerprint density at radius 1 is 0.933 bits per heavy atom. The fraction of sp³-hybridized carbons (Fsp3) is 0.143. The third-order valence-electron chi connectivity index (χ3n) is 2.87. The Morgan fingerprint density at radius 3 is 2.80 bits per heavy atom. The second-order valence-electron chi connectivity index (χ2n) is 3.88. The largest absolute Gasteiger partial charge is 0.276 e. The van der Waals surface area contributed by atoms with Crippen molar-refractivity contribution in [2.45, 2.75) is 6.04 Å². The molecule has 1 aromatic carbocycles. The van der Waals surface area contributed by atoms with Crippen molar-refractivity contribution in [2.75, 3.05) is 0 Å². The zero-order chi connectivity index (χ0) is 10.1. The molecule has 0 saturated carbocycles. The average molecular weight is 194 g/mol. The van der Waals surface area contributed by atoms with Crippen molar-refractivity contribution in [3.05, 3.63) is 60.2 Å². The van der Waals surface area contributed by atoms with E-state index >= 15 is 0 Å². The molecule has 1 heteroatoms. The second kappa shape index (κ2) is 3.43. The first-order valence-electron chi connectivity index (χ1n) is 5.26. The monoisotopic (exact) mass is 194 g/mol. The van der Waals surface area contributed by atoms with Crippen LogP contribution in [0.25, 0.3) is 6.08 Å². The van der Waals surface area contributed by atoms with E-state index in [0.717, 1.165) is 5.69 Å². The molecule has 0 bridgehead atoms. The zero-order valence-electron chi connectivity index (χ0n) is 8.38. The molecule has 15 heavy (non-hydrogen) atoms. The van der Waals surface area contributed by atoms with Gasteiger partial charge in [-0.3, -0.25) is 5.32 Å². The molecule has 0 N–H and O–H groups in total. The van der Waals surface area contributed by atoms with Gasteiger partial charge in [-0.2, -0.15) is 0 Å². The Balaban J connectivity index is 2.04. The molecule has 1 aromatic rings. The first kappa shape index (κ1) is 8.54. The van der Waals surface area contributed by atoms with Gasteiger partial charge in [0.2, 0.25) is 0 Å². The molecule has 1 radical (unpaired) electrons. The van der Waals surface area contributed by atoms with Crippen LogP contribution in [-0.4, -0.2) is 6.04 Å². The molecule has 3 rings (SSSR count). The summed E-state index contributed by atoms with van der Waals surface area (Å²) in [6.45, 7) is 0. The Bertz CT molecular complexity index is 454. The third-order valence-corrected chi connectivity index (χ3v) is 2.87. The van der Waals surface area contributed by atoms with E-state index in [0.29, 0.717) is 5.92 Å². The minimum atomic E-state index is 0.273. The van der Waals surface area contributed by atoms with E-state index < -0.39 is 0 Å². The number of rotatable bonds is 0. The van der Waals surface area contributed by atoms with Crippen molar-refractivity contribution in [3.63, 3.8) is 0 Å². The van der Waals surface area contributed by atoms with Crippen LogP contribution in [0.3, 0.4) is 0 Å². The van der Waals surface area contributed by atoms with Gasteiger partial charge in [-0.15, -0.1) is 0 Å². The normalized spacial score (nSPS) is 26.4. The van der Waals surface area contributed by atoms with Crippen molar-refractivity contribution in [2.24, 2.45) is 5.92 Å². The van der Waals surface area contributed by atoms with E-state index in [2.05, 4.69) is 54.7 Å². The highest BCUT2D eigenvalue weighted by molar-refractivity contribution is 5.65. The summed E-state index contributed by atoms with van der Waals surface area (Å²) in [5, 5.41) is 4.76. The van der Waals surface area contributed by atoms with Gasteiger partial charge in [0.1, 0.15) is 0 Å². The Morgan fingerprint density at radius 2 is 1.80 bits per heavy atom. The molecule has 0 fully saturated rings. The molecule has 73 valence electrons. The molecule has 0 saturated heterocycles. The molecule has 1 aliphatic heterocycles. The molecule has 2 aliphatic rings. The van der Waals surface area contributed by atoms with Gasteiger partial charge in [0.15, 0.2) is 0 Å². The fourth-order valence-corrected chi connectivity index (χ4v) is 2.04. The Hall–Kier alpha value is -1.76. The standard InChI is InChI=1S/C14H12N/c1-3-7-13-11(5-1)9-10-12-6-2-4-8-14(12)15-13/h1-11,13H. The second-order valence-corrected chi connectivity index (χ2v) is 3.88. The molecule has 1 nitrogen and oxygen atoms in total. The van der Waals surface area contributed by atoms with Crippen molar-refractivity contribution in [1.82, 2.24) is 5.32 Å². The van der Waals surface area contributed by atoms with Crippen LogP contribution in [0.5, 0.6) is 0 Å². The summed E-state index contributed by atoms with van der Waals surface area (Å²) in [4.78, 5) is 0. The van der Waals surface area contributed by atoms with Crippen molar-refractivity contribution < 1.29 is 0 Å². The minimum Gasteiger partial charge on any atom is -0.276 e. The van der Waals surface area contributed by atoms with Crippen molar-refractivity contribution >= 4 is 11.8 Å². The van der Waals surface area contributed by atoms with Crippen molar-refractivity contribution in [3.8, 4) is 0 Å². The highest BCUT2D eigenvalue weighted by Gasteiger charge is 2.20. The molecule has 2 atom stereocenters. The van der Waals surface area contributed by atoms with Crippen LogP contribution < -0.4 is 5.32 Å². The summed E-state index contributed by atoms with van der Waals surface area (Å²) in [5.41, 5.74) is 2.31. The number of hydrogen-bond donors (Lipinski definition) is 0. The smallest absolute Gasteiger partial charge is 0.0787 e. The maximum absolute atomic E-state index is 4.76. The number of fused-ring (bicyclic) bond motifs is 2. The van der Waals surface area contributed by atoms with Gasteiger partial charge in [-0.05, 0) is 11.6 Å². The zero-order valence-corrected chi connectivity index (χ0v) is 8.38. The number of allylic oxidation sites excluding steroid dienone is 2. The summed E-state index contributed by atoms with van der Waals surface area (Å²) >= 11 is 0. The number of para-hydroxylation sites is 1. The molecular weight excluding hydrogens is 182 g/mol. The minimum absolute atomic E-state index is 0.273. The van der Waals surface area contributed by atoms with Gasteiger partial charge < -0.3 is 0 Å². The van der Waals surface area contributed by atoms with Crippen LogP contribution in [0.15, 0.2) is 54.6 Å². The van der Waals surface area contributed by atoms with Crippen LogP contribution in [0.1, 0.15) is 5.56 Å². The average Bonchev–Trinajstić information content (AvgIpc) is 2.48. The maximum Gasteiger partial charge on any atom is 0.0787 e. The van der Waals surface area contributed by atoms with Gasteiger partial charge in [0.25, 0.3) is 0 Å². The first-order chi connectivity index (χ1) is 7.43. The van der Waals surface area contributed by atoms with Crippen molar-refractivity contribution in [1.29, 1.82) is 0 Å². The van der Waals surface area contributed by atoms with Gasteiger partial charge in [0.05, 0.1) is 11.7 Å². The molecule has 2 unspecified atom stereocenters. The lowest BCUT2D eigenvalue weighted by molar-refractivity contribution is 0.605. The lowest BCUT2D eigenvalue weighted by atomic mass is 9.95. The summed E-state index contributed by atoms with van der Waals surface area (Å²) in [7, 11) is 0. The fourth-order valence-electron chi connectivity index (χ4n) is 2.04. The Labute approximate surface area is 89.8 Å². The van der Waals surface area contributed by atoms with Crippen LogP contribution in [-0.2, 0) is 0 Å². The number of nitrogens with zero attached hydrogens (tertiary/aromatic N) is 1. The highest BCUT2D eigenvalue weighted by atomic mass is 14.9. The van der Waals surface area contributed by atoms with E-state index in [4.69, 9.17) is 5.32 Å². The molecule has 0 amide bonds. The number of benzene rings is 1. The summed E-state index contributed by atoms with van der Waals surface area (Å²) in [6, 6.07) is 8.56. The van der Waals surface area contributed by atoms with Gasteiger partial charge >= 0.3 is 0 Å². The molecule has 0 aromatic heterocycles. The first-order valence-corrected chi connectivity index (χ1v) is 5.26. The quantitative estimate of drug-likeness (QED) is 0.602. The SMILES string of the molecule is C1=CC2C=Cc3ccccc3[N]C2C=C1. The van der Waals surface area contributed by atoms with E-state index in [1.165, 1.54) is 5.56 Å². The lowest BCUT2D eigenvalue weighted by Gasteiger charge is -2.19. The molecular formula is C14H12N. The molecule has 1 heterocycles. The topological polar surface area (TPSA) is 14.1 Å². The van der Waals surface area contributed by atoms with Gasteiger partial charge in [-0.25, -0.2) is 0 Å². The van der Waals surface area contributed by atoms with E-state index in [9.17, 15) is 0 Å². The Kier molecular flexibility index (Phi) is 1.95. The maximum atomic E-state index is 4.76. The summed E-state index contributed by atoms with van der Waals surface area (Å²) in [5.74, 6) is 0.419. The summed E-state index contributed by atoms with van der Waals surface area (Å²) in [6.07, 6.45) is 12.9. The summed E-state index contributed by atoms with van der Waals surface area (Å²) < 4.78 is 0. The number of hydrogen-bond acceptors (Lipinski definition) is 0. The predicted molar refractivity (Wildman–Crippen MR) is 62.8 cm³/mol. The van der Waals surface area contributed by atoms with Gasteiger partial charge in [-0.1, -0.05) is 54.7 Å². The van der Waals surface area contributed by atoms with Crippen LogP contribution >= 0.6 is 0 Å². The highest BCUT2D eigenvalue weighted by Crippen LogP contribution is 2.27. The molecule has 1 aliphatic carbocycles. The van der Waals surface area contributed by atoms with Crippen LogP contribution in [0.2, 0.25) is 0 Å².